The molecule has 1 fully saturated rings. The first-order valence-electron chi connectivity index (χ1n) is 12.0. The van der Waals surface area contributed by atoms with Gasteiger partial charge in [-0.25, -0.2) is 4.98 Å². The van der Waals surface area contributed by atoms with Gasteiger partial charge in [0.25, 0.3) is 11.8 Å². The van der Waals surface area contributed by atoms with E-state index in [0.29, 0.717) is 17.7 Å². The van der Waals surface area contributed by atoms with E-state index < -0.39 is 0 Å². The molecule has 178 valence electrons. The number of piperazine rings is 1. The molecule has 0 atom stereocenters. The van der Waals surface area contributed by atoms with E-state index in [1.807, 2.05) is 54.7 Å². The molecule has 34 heavy (non-hydrogen) atoms. The van der Waals surface area contributed by atoms with E-state index in [1.54, 1.807) is 0 Å². The van der Waals surface area contributed by atoms with Crippen LogP contribution in [0.1, 0.15) is 46.4 Å². The lowest BCUT2D eigenvalue weighted by atomic mass is 9.94. The molecule has 1 aromatic heterocycles. The van der Waals surface area contributed by atoms with Gasteiger partial charge in [0, 0.05) is 55.4 Å². The summed E-state index contributed by atoms with van der Waals surface area (Å²) in [6.45, 7) is 5.77. The molecule has 0 radical (unpaired) electrons. The van der Waals surface area contributed by atoms with Crippen molar-refractivity contribution in [1.29, 1.82) is 0 Å². The second kappa shape index (κ2) is 11.0. The smallest absolute Gasteiger partial charge is 0.261 e. The van der Waals surface area contributed by atoms with Gasteiger partial charge in [-0.15, -0.1) is 12.4 Å². The molecule has 0 N–H and O–H groups in total. The highest BCUT2D eigenvalue weighted by molar-refractivity contribution is 6.25. The molecule has 0 unspecified atom stereocenters. The summed E-state index contributed by atoms with van der Waals surface area (Å²) in [6.07, 6.45) is 5.99. The Balaban J connectivity index is 0.00000274. The normalized spacial score (nSPS) is 16.1. The molecule has 6 nitrogen and oxygen atoms in total. The third-order valence-corrected chi connectivity index (χ3v) is 6.81. The summed E-state index contributed by atoms with van der Waals surface area (Å²) in [7, 11) is 0. The van der Waals surface area contributed by atoms with Crippen LogP contribution in [0.5, 0.6) is 0 Å². The Bertz CT molecular complexity index is 1100. The fraction of sp³-hybridized carbons (Fsp3) is 0.370. The van der Waals surface area contributed by atoms with Crippen LogP contribution in [0.25, 0.3) is 10.8 Å². The molecule has 2 amide bonds. The lowest BCUT2D eigenvalue weighted by Gasteiger charge is -2.35. The zero-order chi connectivity index (χ0) is 22.6. The highest BCUT2D eigenvalue weighted by atomic mass is 35.5. The summed E-state index contributed by atoms with van der Waals surface area (Å²) in [5.41, 5.74) is 1.29. The molecule has 3 heterocycles. The van der Waals surface area contributed by atoms with Crippen molar-refractivity contribution in [2.75, 3.05) is 44.2 Å². The van der Waals surface area contributed by atoms with Crippen LogP contribution in [0.4, 0.5) is 5.82 Å². The first kappa shape index (κ1) is 24.2. The van der Waals surface area contributed by atoms with Gasteiger partial charge in [0.15, 0.2) is 0 Å². The monoisotopic (exact) mass is 478 g/mol. The largest absolute Gasteiger partial charge is 0.354 e. The maximum Gasteiger partial charge on any atom is 0.261 e. The second-order valence-corrected chi connectivity index (χ2v) is 8.90. The average molecular weight is 479 g/mol. The van der Waals surface area contributed by atoms with E-state index in [2.05, 4.69) is 20.9 Å². The Labute approximate surface area is 207 Å². The molecule has 5 rings (SSSR count). The van der Waals surface area contributed by atoms with Crippen LogP contribution in [-0.4, -0.2) is 65.9 Å². The Hall–Kier alpha value is -2.96. The number of carbonyl (C=O) groups is 2. The number of rotatable bonds is 8. The minimum atomic E-state index is -0.157. The molecule has 2 aliphatic rings. The number of hydrogen-bond acceptors (Lipinski definition) is 5. The molecule has 0 aliphatic carbocycles. The molecular weight excluding hydrogens is 448 g/mol. The lowest BCUT2D eigenvalue weighted by Crippen LogP contribution is -2.46. The summed E-state index contributed by atoms with van der Waals surface area (Å²) < 4.78 is 0. The summed E-state index contributed by atoms with van der Waals surface area (Å²) in [5.74, 6) is 0.753. The van der Waals surface area contributed by atoms with Crippen molar-refractivity contribution in [3.8, 4) is 0 Å². The predicted molar refractivity (Wildman–Crippen MR) is 138 cm³/mol. The number of nitrogens with zero attached hydrogens (tertiary/aromatic N) is 4. The number of benzene rings is 2. The fourth-order valence-electron chi connectivity index (χ4n) is 4.98. The van der Waals surface area contributed by atoms with Gasteiger partial charge in [-0.3, -0.25) is 19.4 Å². The molecule has 2 aliphatic heterocycles. The van der Waals surface area contributed by atoms with E-state index in [1.165, 1.54) is 4.90 Å². The Morgan fingerprint density at radius 2 is 1.35 bits per heavy atom. The summed E-state index contributed by atoms with van der Waals surface area (Å²) in [5, 5.41) is 1.75. The van der Waals surface area contributed by atoms with Crippen LogP contribution in [-0.2, 0) is 0 Å². The standard InChI is InChI=1S/C27H30N4O2.ClH/c32-26-22-11-7-9-21-10-8-12-23(25(21)22)27(33)31(26)16-6-2-1-5-15-29-17-19-30(20-18-29)24-13-3-4-14-28-24;/h3-4,7-14H,1-2,5-6,15-20H2;1H. The van der Waals surface area contributed by atoms with Gasteiger partial charge in [-0.1, -0.05) is 43.2 Å². The molecule has 0 spiro atoms. The minimum absolute atomic E-state index is 0. The van der Waals surface area contributed by atoms with Crippen molar-refractivity contribution < 1.29 is 9.59 Å². The van der Waals surface area contributed by atoms with Crippen molar-refractivity contribution in [2.24, 2.45) is 0 Å². The predicted octanol–water partition coefficient (Wildman–Crippen LogP) is 4.64. The highest BCUT2D eigenvalue weighted by Gasteiger charge is 2.32. The quantitative estimate of drug-likeness (QED) is 0.349. The maximum absolute atomic E-state index is 13.0. The van der Waals surface area contributed by atoms with Crippen molar-refractivity contribution in [3.63, 3.8) is 0 Å². The average Bonchev–Trinajstić information content (AvgIpc) is 2.87. The molecular formula is C27H31ClN4O2. The van der Waals surface area contributed by atoms with Gasteiger partial charge in [0.2, 0.25) is 0 Å². The van der Waals surface area contributed by atoms with E-state index in [4.69, 9.17) is 0 Å². The Kier molecular flexibility index (Phi) is 7.80. The number of aromatic nitrogens is 1. The summed E-state index contributed by atoms with van der Waals surface area (Å²) in [4.78, 5) is 36.7. The van der Waals surface area contributed by atoms with E-state index >= 15 is 0 Å². The van der Waals surface area contributed by atoms with E-state index in [-0.39, 0.29) is 24.2 Å². The third-order valence-electron chi connectivity index (χ3n) is 6.81. The second-order valence-electron chi connectivity index (χ2n) is 8.90. The van der Waals surface area contributed by atoms with Gasteiger partial charge >= 0.3 is 0 Å². The molecule has 3 aromatic rings. The van der Waals surface area contributed by atoms with Crippen LogP contribution in [0.15, 0.2) is 60.8 Å². The van der Waals surface area contributed by atoms with E-state index in [0.717, 1.165) is 75.0 Å². The van der Waals surface area contributed by atoms with Gasteiger partial charge in [0.05, 0.1) is 0 Å². The molecule has 0 saturated carbocycles. The van der Waals surface area contributed by atoms with Crippen LogP contribution in [0.2, 0.25) is 0 Å². The van der Waals surface area contributed by atoms with Crippen molar-refractivity contribution in [1.82, 2.24) is 14.8 Å². The van der Waals surface area contributed by atoms with Crippen LogP contribution in [0, 0.1) is 0 Å². The first-order valence-corrected chi connectivity index (χ1v) is 12.0. The van der Waals surface area contributed by atoms with E-state index in [9.17, 15) is 9.59 Å². The van der Waals surface area contributed by atoms with Crippen LogP contribution < -0.4 is 4.90 Å². The lowest BCUT2D eigenvalue weighted by molar-refractivity contribution is 0.0607. The minimum Gasteiger partial charge on any atom is -0.354 e. The Morgan fingerprint density at radius 1 is 0.706 bits per heavy atom. The van der Waals surface area contributed by atoms with Gasteiger partial charge < -0.3 is 4.90 Å². The summed E-state index contributed by atoms with van der Waals surface area (Å²) in [6, 6.07) is 17.4. The van der Waals surface area contributed by atoms with Crippen molar-refractivity contribution in [2.45, 2.75) is 25.7 Å². The SMILES string of the molecule is Cl.O=C1c2cccc3cccc(c23)C(=O)N1CCCCCCN1CCN(c2ccccn2)CC1. The molecule has 0 bridgehead atoms. The van der Waals surface area contributed by atoms with Crippen molar-refractivity contribution >= 4 is 40.8 Å². The maximum atomic E-state index is 13.0. The topological polar surface area (TPSA) is 56.8 Å². The molecule has 1 saturated heterocycles. The number of hydrogen-bond donors (Lipinski definition) is 0. The van der Waals surface area contributed by atoms with Crippen molar-refractivity contribution in [3.05, 3.63) is 71.9 Å². The molecule has 7 heteroatoms. The highest BCUT2D eigenvalue weighted by Crippen LogP contribution is 2.30. The summed E-state index contributed by atoms with van der Waals surface area (Å²) >= 11 is 0. The zero-order valence-electron chi connectivity index (χ0n) is 19.4. The number of unbranched alkanes of at least 4 members (excludes halogenated alkanes) is 3. The van der Waals surface area contributed by atoms with Crippen LogP contribution in [0.3, 0.4) is 0 Å². The van der Waals surface area contributed by atoms with Gasteiger partial charge in [-0.05, 0) is 49.0 Å². The van der Waals surface area contributed by atoms with Crippen LogP contribution >= 0.6 is 12.4 Å². The molecule has 2 aromatic carbocycles. The van der Waals surface area contributed by atoms with Gasteiger partial charge in [0.1, 0.15) is 5.82 Å². The first-order chi connectivity index (χ1) is 16.2. The zero-order valence-corrected chi connectivity index (χ0v) is 20.2. The fourth-order valence-corrected chi connectivity index (χ4v) is 4.98. The Morgan fingerprint density at radius 3 is 1.97 bits per heavy atom. The van der Waals surface area contributed by atoms with Gasteiger partial charge in [-0.2, -0.15) is 0 Å². The number of halogens is 1. The number of anilines is 1. The number of amides is 2. The number of pyridine rings is 1. The third kappa shape index (κ3) is 4.93. The number of carbonyl (C=O) groups excluding carboxylic acids is 2. The number of imide groups is 1.